The van der Waals surface area contributed by atoms with Crippen LogP contribution in [0.4, 0.5) is 4.79 Å². The van der Waals surface area contributed by atoms with Gasteiger partial charge in [0.2, 0.25) is 0 Å². The van der Waals surface area contributed by atoms with Gasteiger partial charge in [0.1, 0.15) is 6.04 Å². The Morgan fingerprint density at radius 3 is 2.42 bits per heavy atom. The van der Waals surface area contributed by atoms with Crippen molar-refractivity contribution in [2.24, 2.45) is 0 Å². The molecular weight excluding hydrogens is 244 g/mol. The van der Waals surface area contributed by atoms with Gasteiger partial charge in [0, 0.05) is 6.54 Å². The number of urea groups is 1. The molecular formula is C14H20N2O3. The normalized spacial score (nSPS) is 11.7. The topological polar surface area (TPSA) is 78.4 Å². The predicted molar refractivity (Wildman–Crippen MR) is 72.9 cm³/mol. The van der Waals surface area contributed by atoms with Crippen LogP contribution >= 0.6 is 0 Å². The van der Waals surface area contributed by atoms with Gasteiger partial charge < -0.3 is 15.7 Å². The molecule has 2 amide bonds. The monoisotopic (exact) mass is 264 g/mol. The molecule has 1 aromatic rings. The summed E-state index contributed by atoms with van der Waals surface area (Å²) < 4.78 is 0. The lowest BCUT2D eigenvalue weighted by Gasteiger charge is -2.14. The SMILES string of the molecule is CCC[C@@H](NC(=O)NCc1ccc(C)cc1)C(=O)O. The Hall–Kier alpha value is -2.04. The van der Waals surface area contributed by atoms with Crippen molar-refractivity contribution in [1.29, 1.82) is 0 Å². The Balaban J connectivity index is 2.42. The first-order valence-corrected chi connectivity index (χ1v) is 6.35. The van der Waals surface area contributed by atoms with E-state index < -0.39 is 18.0 Å². The van der Waals surface area contributed by atoms with Crippen molar-refractivity contribution in [2.75, 3.05) is 0 Å². The maximum atomic E-state index is 11.6. The summed E-state index contributed by atoms with van der Waals surface area (Å²) in [4.78, 5) is 22.5. The number of benzene rings is 1. The molecule has 0 saturated heterocycles. The molecule has 0 bridgehead atoms. The fraction of sp³-hybridized carbons (Fsp3) is 0.429. The van der Waals surface area contributed by atoms with Gasteiger partial charge in [-0.1, -0.05) is 43.2 Å². The molecule has 1 rings (SSSR count). The Kier molecular flexibility index (Phi) is 5.85. The average molecular weight is 264 g/mol. The Morgan fingerprint density at radius 1 is 1.26 bits per heavy atom. The van der Waals surface area contributed by atoms with Crippen LogP contribution in [-0.4, -0.2) is 23.1 Å². The quantitative estimate of drug-likeness (QED) is 0.735. The summed E-state index contributed by atoms with van der Waals surface area (Å²) in [6.45, 7) is 4.25. The second kappa shape index (κ2) is 7.41. The molecule has 0 unspecified atom stereocenters. The molecule has 0 aliphatic rings. The van der Waals surface area contributed by atoms with Crippen molar-refractivity contribution >= 4 is 12.0 Å². The molecule has 0 aliphatic heterocycles. The summed E-state index contributed by atoms with van der Waals surface area (Å²) in [5.41, 5.74) is 2.13. The molecule has 5 nitrogen and oxygen atoms in total. The van der Waals surface area contributed by atoms with E-state index in [0.717, 1.165) is 11.1 Å². The van der Waals surface area contributed by atoms with Gasteiger partial charge in [-0.15, -0.1) is 0 Å². The van der Waals surface area contributed by atoms with E-state index >= 15 is 0 Å². The minimum Gasteiger partial charge on any atom is -0.480 e. The summed E-state index contributed by atoms with van der Waals surface area (Å²) in [6.07, 6.45) is 1.13. The molecule has 1 atom stereocenters. The highest BCUT2D eigenvalue weighted by atomic mass is 16.4. The van der Waals surface area contributed by atoms with Crippen molar-refractivity contribution in [2.45, 2.75) is 39.3 Å². The third kappa shape index (κ3) is 5.42. The molecule has 19 heavy (non-hydrogen) atoms. The highest BCUT2D eigenvalue weighted by Gasteiger charge is 2.18. The van der Waals surface area contributed by atoms with E-state index in [9.17, 15) is 9.59 Å². The summed E-state index contributed by atoms with van der Waals surface area (Å²) >= 11 is 0. The Bertz CT molecular complexity index is 429. The van der Waals surface area contributed by atoms with E-state index in [4.69, 9.17) is 5.11 Å². The minimum absolute atomic E-state index is 0.380. The second-order valence-corrected chi connectivity index (χ2v) is 4.49. The highest BCUT2D eigenvalue weighted by molar-refractivity contribution is 5.82. The van der Waals surface area contributed by atoms with Crippen LogP contribution in [0.1, 0.15) is 30.9 Å². The first kappa shape index (κ1) is 15.0. The van der Waals surface area contributed by atoms with E-state index in [1.807, 2.05) is 38.1 Å². The lowest BCUT2D eigenvalue weighted by molar-refractivity contribution is -0.139. The lowest BCUT2D eigenvalue weighted by atomic mass is 10.1. The van der Waals surface area contributed by atoms with Gasteiger partial charge in [-0.25, -0.2) is 9.59 Å². The summed E-state index contributed by atoms with van der Waals surface area (Å²) in [7, 11) is 0. The van der Waals surface area contributed by atoms with E-state index in [1.165, 1.54) is 0 Å². The van der Waals surface area contributed by atoms with Gasteiger partial charge in [0.25, 0.3) is 0 Å². The number of carbonyl (C=O) groups is 2. The molecule has 0 radical (unpaired) electrons. The van der Waals surface area contributed by atoms with Crippen molar-refractivity contribution in [3.8, 4) is 0 Å². The van der Waals surface area contributed by atoms with Crippen LogP contribution < -0.4 is 10.6 Å². The zero-order valence-electron chi connectivity index (χ0n) is 11.3. The average Bonchev–Trinajstić information content (AvgIpc) is 2.37. The molecule has 104 valence electrons. The molecule has 0 fully saturated rings. The zero-order valence-corrected chi connectivity index (χ0v) is 11.3. The second-order valence-electron chi connectivity index (χ2n) is 4.49. The first-order chi connectivity index (χ1) is 9.02. The fourth-order valence-corrected chi connectivity index (χ4v) is 1.64. The molecule has 0 saturated carbocycles. The van der Waals surface area contributed by atoms with Crippen molar-refractivity contribution in [1.82, 2.24) is 10.6 Å². The van der Waals surface area contributed by atoms with Gasteiger partial charge >= 0.3 is 12.0 Å². The van der Waals surface area contributed by atoms with Crippen LogP contribution in [0, 0.1) is 6.92 Å². The van der Waals surface area contributed by atoms with Gasteiger partial charge in [0.15, 0.2) is 0 Å². The minimum atomic E-state index is -1.01. The fourth-order valence-electron chi connectivity index (χ4n) is 1.64. The van der Waals surface area contributed by atoms with Crippen molar-refractivity contribution in [3.63, 3.8) is 0 Å². The Morgan fingerprint density at radius 2 is 1.89 bits per heavy atom. The van der Waals surface area contributed by atoms with Gasteiger partial charge in [0.05, 0.1) is 0 Å². The number of carbonyl (C=O) groups excluding carboxylic acids is 1. The summed E-state index contributed by atoms with van der Waals surface area (Å²) in [5.74, 6) is -1.01. The van der Waals surface area contributed by atoms with E-state index in [0.29, 0.717) is 19.4 Å². The number of nitrogens with one attached hydrogen (secondary N) is 2. The third-order valence-electron chi connectivity index (χ3n) is 2.75. The number of hydrogen-bond acceptors (Lipinski definition) is 2. The predicted octanol–water partition coefficient (Wildman–Crippen LogP) is 2.05. The van der Waals surface area contributed by atoms with Crippen LogP contribution in [-0.2, 0) is 11.3 Å². The van der Waals surface area contributed by atoms with Crippen molar-refractivity contribution in [3.05, 3.63) is 35.4 Å². The Labute approximate surface area is 113 Å². The van der Waals surface area contributed by atoms with Gasteiger partial charge in [-0.3, -0.25) is 0 Å². The number of hydrogen-bond donors (Lipinski definition) is 3. The maximum absolute atomic E-state index is 11.6. The van der Waals surface area contributed by atoms with Gasteiger partial charge in [-0.2, -0.15) is 0 Å². The molecule has 3 N–H and O–H groups in total. The van der Waals surface area contributed by atoms with Crippen LogP contribution in [0.3, 0.4) is 0 Å². The third-order valence-corrected chi connectivity index (χ3v) is 2.75. The van der Waals surface area contributed by atoms with Crippen LogP contribution in [0.2, 0.25) is 0 Å². The summed E-state index contributed by atoms with van der Waals surface area (Å²) in [5, 5.41) is 14.0. The number of carboxylic acids is 1. The molecule has 0 heterocycles. The van der Waals surface area contributed by atoms with Crippen LogP contribution in [0.15, 0.2) is 24.3 Å². The van der Waals surface area contributed by atoms with E-state index in [2.05, 4.69) is 10.6 Å². The number of carboxylic acid groups (broad SMARTS) is 1. The number of aliphatic carboxylic acids is 1. The van der Waals surface area contributed by atoms with Crippen molar-refractivity contribution < 1.29 is 14.7 Å². The zero-order chi connectivity index (χ0) is 14.3. The van der Waals surface area contributed by atoms with Crippen LogP contribution in [0.25, 0.3) is 0 Å². The molecule has 5 heteroatoms. The lowest BCUT2D eigenvalue weighted by Crippen LogP contribution is -2.45. The first-order valence-electron chi connectivity index (χ1n) is 6.35. The molecule has 0 aromatic heterocycles. The molecule has 0 spiro atoms. The smallest absolute Gasteiger partial charge is 0.326 e. The molecule has 0 aliphatic carbocycles. The highest BCUT2D eigenvalue weighted by Crippen LogP contribution is 2.02. The largest absolute Gasteiger partial charge is 0.480 e. The van der Waals surface area contributed by atoms with Gasteiger partial charge in [-0.05, 0) is 18.9 Å². The van der Waals surface area contributed by atoms with E-state index in [1.54, 1.807) is 0 Å². The molecule has 1 aromatic carbocycles. The number of aryl methyl sites for hydroxylation is 1. The number of rotatable bonds is 6. The van der Waals surface area contributed by atoms with Crippen LogP contribution in [0.5, 0.6) is 0 Å². The standard InChI is InChI=1S/C14H20N2O3/c1-3-4-12(13(17)18)16-14(19)15-9-11-7-5-10(2)6-8-11/h5-8,12H,3-4,9H2,1-2H3,(H,17,18)(H2,15,16,19)/t12-/m1/s1. The number of amides is 2. The van der Waals surface area contributed by atoms with E-state index in [-0.39, 0.29) is 0 Å². The summed E-state index contributed by atoms with van der Waals surface area (Å²) in [6, 6.07) is 6.49. The maximum Gasteiger partial charge on any atom is 0.326 e.